The Morgan fingerprint density at radius 2 is 0.756 bits per heavy atom. The second kappa shape index (κ2) is 26.5. The van der Waals surface area contributed by atoms with E-state index in [1.807, 2.05) is 0 Å². The summed E-state index contributed by atoms with van der Waals surface area (Å²) >= 11 is 0. The van der Waals surface area contributed by atoms with Gasteiger partial charge in [0.1, 0.15) is 0 Å². The largest absolute Gasteiger partial charge is 0.0654 e. The molecule has 2 aromatic carbocycles. The zero-order chi connectivity index (χ0) is 32.4. The van der Waals surface area contributed by atoms with E-state index < -0.39 is 0 Å². The Labute approximate surface area is 283 Å². The SMILES string of the molecule is CCCCCCCCCCCCCCCCCCCCCC(CCc1ccc(CC)c(CC)c1)Cc1ccc(CC)c(CC)c1. The molecule has 0 spiro atoms. The second-order valence-electron chi connectivity index (χ2n) is 14.4. The van der Waals surface area contributed by atoms with Crippen molar-refractivity contribution >= 4 is 0 Å². The lowest BCUT2D eigenvalue weighted by Gasteiger charge is -2.19. The van der Waals surface area contributed by atoms with Gasteiger partial charge in [-0.1, -0.05) is 199 Å². The van der Waals surface area contributed by atoms with Gasteiger partial charge in [0, 0.05) is 0 Å². The van der Waals surface area contributed by atoms with Crippen LogP contribution in [-0.2, 0) is 38.5 Å². The van der Waals surface area contributed by atoms with Crippen LogP contribution in [0.5, 0.6) is 0 Å². The molecule has 0 heterocycles. The molecule has 0 amide bonds. The van der Waals surface area contributed by atoms with Gasteiger partial charge in [0.2, 0.25) is 0 Å². The van der Waals surface area contributed by atoms with Crippen molar-refractivity contribution in [2.45, 2.75) is 208 Å². The van der Waals surface area contributed by atoms with Crippen LogP contribution >= 0.6 is 0 Å². The predicted molar refractivity (Wildman–Crippen MR) is 204 cm³/mol. The molecule has 0 fully saturated rings. The van der Waals surface area contributed by atoms with Gasteiger partial charge in [0.25, 0.3) is 0 Å². The standard InChI is InChI=1S/C45H76/c1-6-11-12-13-14-15-16-17-18-19-20-21-22-23-24-25-26-27-28-29-39(36-41-33-35-43(8-3)45(10-5)38-41)30-31-40-32-34-42(7-2)44(9-4)37-40/h32-35,37-39H,6-31,36H2,1-5H3. The summed E-state index contributed by atoms with van der Waals surface area (Å²) in [4.78, 5) is 0. The highest BCUT2D eigenvalue weighted by molar-refractivity contribution is 5.33. The van der Waals surface area contributed by atoms with Gasteiger partial charge in [-0.3, -0.25) is 0 Å². The molecule has 0 aliphatic heterocycles. The van der Waals surface area contributed by atoms with E-state index in [9.17, 15) is 0 Å². The fourth-order valence-corrected chi connectivity index (χ4v) is 7.55. The molecule has 2 rings (SSSR count). The molecule has 0 aliphatic rings. The zero-order valence-electron chi connectivity index (χ0n) is 31.1. The fourth-order valence-electron chi connectivity index (χ4n) is 7.55. The van der Waals surface area contributed by atoms with Crippen LogP contribution in [-0.4, -0.2) is 0 Å². The molecule has 0 radical (unpaired) electrons. The minimum absolute atomic E-state index is 0.795. The Bertz CT molecular complexity index is 968. The maximum Gasteiger partial charge on any atom is -0.0250 e. The summed E-state index contributed by atoms with van der Waals surface area (Å²) in [5, 5.41) is 0. The van der Waals surface area contributed by atoms with Gasteiger partial charge in [-0.25, -0.2) is 0 Å². The van der Waals surface area contributed by atoms with Gasteiger partial charge < -0.3 is 0 Å². The van der Waals surface area contributed by atoms with E-state index in [1.165, 1.54) is 153 Å². The van der Waals surface area contributed by atoms with E-state index >= 15 is 0 Å². The summed E-state index contributed by atoms with van der Waals surface area (Å²) in [6.45, 7) is 11.5. The Balaban J connectivity index is 1.64. The van der Waals surface area contributed by atoms with E-state index in [0.29, 0.717) is 0 Å². The van der Waals surface area contributed by atoms with Crippen molar-refractivity contribution < 1.29 is 0 Å². The first-order valence-electron chi connectivity index (χ1n) is 20.4. The molecule has 1 unspecified atom stereocenters. The van der Waals surface area contributed by atoms with Crippen LogP contribution < -0.4 is 0 Å². The molecular weight excluding hydrogens is 540 g/mol. The topological polar surface area (TPSA) is 0 Å². The maximum atomic E-state index is 2.54. The third-order valence-corrected chi connectivity index (χ3v) is 10.6. The molecule has 2 aromatic rings. The number of hydrogen-bond acceptors (Lipinski definition) is 0. The van der Waals surface area contributed by atoms with Crippen LogP contribution in [0.15, 0.2) is 36.4 Å². The highest BCUT2D eigenvalue weighted by atomic mass is 14.2. The van der Waals surface area contributed by atoms with Crippen molar-refractivity contribution in [1.29, 1.82) is 0 Å². The monoisotopic (exact) mass is 617 g/mol. The van der Waals surface area contributed by atoms with Gasteiger partial charge in [-0.15, -0.1) is 0 Å². The average molecular weight is 617 g/mol. The Morgan fingerprint density at radius 1 is 0.378 bits per heavy atom. The van der Waals surface area contributed by atoms with Crippen LogP contribution in [0.3, 0.4) is 0 Å². The molecular formula is C45H76. The quantitative estimate of drug-likeness (QED) is 0.0798. The first kappa shape index (κ1) is 39.6. The van der Waals surface area contributed by atoms with Crippen molar-refractivity contribution in [2.24, 2.45) is 5.92 Å². The zero-order valence-corrected chi connectivity index (χ0v) is 31.1. The molecule has 256 valence electrons. The minimum Gasteiger partial charge on any atom is -0.0654 e. The third kappa shape index (κ3) is 17.8. The lowest BCUT2D eigenvalue weighted by molar-refractivity contribution is 0.420. The van der Waals surface area contributed by atoms with E-state index in [1.54, 1.807) is 27.8 Å². The maximum absolute atomic E-state index is 2.54. The van der Waals surface area contributed by atoms with E-state index in [4.69, 9.17) is 0 Å². The van der Waals surface area contributed by atoms with Gasteiger partial charge >= 0.3 is 0 Å². The third-order valence-electron chi connectivity index (χ3n) is 10.6. The lowest BCUT2D eigenvalue weighted by Crippen LogP contribution is -2.08. The van der Waals surface area contributed by atoms with Gasteiger partial charge in [0.15, 0.2) is 0 Å². The summed E-state index contributed by atoms with van der Waals surface area (Å²) in [6.07, 6.45) is 37.5. The summed E-state index contributed by atoms with van der Waals surface area (Å²) in [6, 6.07) is 14.7. The van der Waals surface area contributed by atoms with E-state index in [2.05, 4.69) is 71.0 Å². The highest BCUT2D eigenvalue weighted by Gasteiger charge is 2.13. The Kier molecular flexibility index (Phi) is 23.3. The number of hydrogen-bond donors (Lipinski definition) is 0. The normalized spacial score (nSPS) is 12.2. The van der Waals surface area contributed by atoms with Gasteiger partial charge in [-0.2, -0.15) is 0 Å². The highest BCUT2D eigenvalue weighted by Crippen LogP contribution is 2.25. The van der Waals surface area contributed by atoms with E-state index in [-0.39, 0.29) is 0 Å². The summed E-state index contributed by atoms with van der Waals surface area (Å²) < 4.78 is 0. The molecule has 45 heavy (non-hydrogen) atoms. The minimum atomic E-state index is 0.795. The Hall–Kier alpha value is -1.56. The molecule has 0 bridgehead atoms. The van der Waals surface area contributed by atoms with Crippen LogP contribution in [0.25, 0.3) is 0 Å². The molecule has 0 N–H and O–H groups in total. The molecule has 0 aliphatic carbocycles. The van der Waals surface area contributed by atoms with Crippen molar-refractivity contribution in [3.05, 3.63) is 69.8 Å². The van der Waals surface area contributed by atoms with Crippen LogP contribution in [0, 0.1) is 5.92 Å². The molecule has 0 heteroatoms. The first-order valence-corrected chi connectivity index (χ1v) is 20.4. The fraction of sp³-hybridized carbons (Fsp3) is 0.733. The van der Waals surface area contributed by atoms with E-state index in [0.717, 1.165) is 31.6 Å². The van der Waals surface area contributed by atoms with Gasteiger partial charge in [-0.05, 0) is 84.2 Å². The van der Waals surface area contributed by atoms with Crippen molar-refractivity contribution in [3.63, 3.8) is 0 Å². The van der Waals surface area contributed by atoms with Crippen LogP contribution in [0.4, 0.5) is 0 Å². The molecule has 0 nitrogen and oxygen atoms in total. The van der Waals surface area contributed by atoms with Crippen molar-refractivity contribution in [3.8, 4) is 0 Å². The average Bonchev–Trinajstić information content (AvgIpc) is 3.07. The molecule has 0 saturated carbocycles. The number of rotatable bonds is 29. The molecule has 0 saturated heterocycles. The van der Waals surface area contributed by atoms with Crippen LogP contribution in [0.1, 0.15) is 203 Å². The van der Waals surface area contributed by atoms with Crippen LogP contribution in [0.2, 0.25) is 0 Å². The number of benzene rings is 2. The summed E-state index contributed by atoms with van der Waals surface area (Å²) in [5.74, 6) is 0.795. The van der Waals surface area contributed by atoms with Gasteiger partial charge in [0.05, 0.1) is 0 Å². The number of aryl methyl sites for hydroxylation is 5. The smallest absolute Gasteiger partial charge is 0.0250 e. The second-order valence-corrected chi connectivity index (χ2v) is 14.4. The molecule has 0 aromatic heterocycles. The predicted octanol–water partition coefficient (Wildman–Crippen LogP) is 14.5. The molecule has 1 atom stereocenters. The van der Waals surface area contributed by atoms with Crippen molar-refractivity contribution in [1.82, 2.24) is 0 Å². The summed E-state index contributed by atoms with van der Waals surface area (Å²) in [7, 11) is 0. The number of unbranched alkanes of at least 4 members (excludes halogenated alkanes) is 18. The Morgan fingerprint density at radius 3 is 1.18 bits per heavy atom. The summed E-state index contributed by atoms with van der Waals surface area (Å²) in [5.41, 5.74) is 9.34. The lowest BCUT2D eigenvalue weighted by atomic mass is 9.86. The first-order chi connectivity index (χ1) is 22.1. The van der Waals surface area contributed by atoms with Crippen molar-refractivity contribution in [2.75, 3.05) is 0 Å².